The monoisotopic (exact) mass is 204 g/mol. The summed E-state index contributed by atoms with van der Waals surface area (Å²) in [6.45, 7) is 2.12. The maximum Gasteiger partial charge on any atom is 0.139 e. The van der Waals surface area contributed by atoms with Gasteiger partial charge >= 0.3 is 0 Å². The van der Waals surface area contributed by atoms with E-state index < -0.39 is 7.14 Å². The summed E-state index contributed by atoms with van der Waals surface area (Å²) in [7, 11) is -2.16. The molecule has 1 aliphatic carbocycles. The molecular formula is C12H13OP. The molecule has 0 bridgehead atoms. The summed E-state index contributed by atoms with van der Waals surface area (Å²) in [5, 5.41) is 1.05. The van der Waals surface area contributed by atoms with E-state index in [0.29, 0.717) is 11.6 Å². The zero-order valence-electron chi connectivity index (χ0n) is 8.18. The molecule has 2 aliphatic rings. The molecular weight excluding hydrogens is 191 g/mol. The van der Waals surface area contributed by atoms with Crippen molar-refractivity contribution in [1.29, 1.82) is 0 Å². The molecule has 3 atom stereocenters. The lowest BCUT2D eigenvalue weighted by Gasteiger charge is -2.10. The van der Waals surface area contributed by atoms with Gasteiger partial charge in [0, 0.05) is 11.0 Å². The van der Waals surface area contributed by atoms with E-state index in [1.807, 2.05) is 36.1 Å². The normalized spacial score (nSPS) is 39.1. The van der Waals surface area contributed by atoms with Crippen LogP contribution in [0.15, 0.2) is 41.7 Å². The Labute approximate surface area is 84.2 Å². The third-order valence-electron chi connectivity index (χ3n) is 3.39. The highest BCUT2D eigenvalue weighted by Gasteiger charge is 2.55. The van der Waals surface area contributed by atoms with E-state index in [-0.39, 0.29) is 0 Å². The third kappa shape index (κ3) is 0.994. The Hall–Kier alpha value is -0.810. The molecule has 0 saturated heterocycles. The molecule has 0 radical (unpaired) electrons. The molecule has 0 N–H and O–H groups in total. The lowest BCUT2D eigenvalue weighted by atomic mass is 10.2. The molecule has 72 valence electrons. The van der Waals surface area contributed by atoms with Gasteiger partial charge in [0.2, 0.25) is 0 Å². The molecule has 1 aromatic carbocycles. The summed E-state index contributed by atoms with van der Waals surface area (Å²) < 4.78 is 12.7. The molecule has 1 nitrogen and oxygen atoms in total. The van der Waals surface area contributed by atoms with Crippen LogP contribution in [-0.4, -0.2) is 5.66 Å². The molecule has 3 rings (SSSR count). The van der Waals surface area contributed by atoms with Crippen LogP contribution in [-0.2, 0) is 4.57 Å². The van der Waals surface area contributed by atoms with Gasteiger partial charge in [0.25, 0.3) is 0 Å². The molecule has 1 aliphatic heterocycles. The van der Waals surface area contributed by atoms with E-state index in [1.54, 1.807) is 0 Å². The van der Waals surface area contributed by atoms with Crippen molar-refractivity contribution in [3.05, 3.63) is 41.7 Å². The predicted molar refractivity (Wildman–Crippen MR) is 59.3 cm³/mol. The van der Waals surface area contributed by atoms with E-state index in [0.717, 1.165) is 11.7 Å². The fourth-order valence-electron chi connectivity index (χ4n) is 2.52. The van der Waals surface area contributed by atoms with Gasteiger partial charge in [0.1, 0.15) is 7.14 Å². The first-order chi connectivity index (χ1) is 6.72. The number of fused-ring (bicyclic) bond motifs is 1. The number of benzene rings is 1. The van der Waals surface area contributed by atoms with Crippen molar-refractivity contribution in [3.8, 4) is 0 Å². The fraction of sp³-hybridized carbons (Fsp3) is 0.333. The molecule has 2 heteroatoms. The maximum atomic E-state index is 12.7. The van der Waals surface area contributed by atoms with E-state index in [2.05, 4.69) is 6.92 Å². The Morgan fingerprint density at radius 2 is 2.00 bits per heavy atom. The van der Waals surface area contributed by atoms with Crippen LogP contribution in [0, 0.1) is 5.92 Å². The smallest absolute Gasteiger partial charge is 0.139 e. The summed E-state index contributed by atoms with van der Waals surface area (Å²) in [5.41, 5.74) is 1.80. The zero-order chi connectivity index (χ0) is 9.76. The fourth-order valence-corrected chi connectivity index (χ4v) is 5.98. The first-order valence-corrected chi connectivity index (χ1v) is 6.91. The maximum absolute atomic E-state index is 12.7. The summed E-state index contributed by atoms with van der Waals surface area (Å²) in [4.78, 5) is 0. The van der Waals surface area contributed by atoms with Crippen LogP contribution in [0.25, 0.3) is 0 Å². The van der Waals surface area contributed by atoms with Gasteiger partial charge in [-0.2, -0.15) is 0 Å². The molecule has 1 fully saturated rings. The number of rotatable bonds is 1. The Balaban J connectivity index is 2.12. The minimum absolute atomic E-state index is 0.449. The molecule has 0 aromatic heterocycles. The van der Waals surface area contributed by atoms with Crippen molar-refractivity contribution in [2.75, 3.05) is 0 Å². The highest BCUT2D eigenvalue weighted by Crippen LogP contribution is 2.71. The van der Waals surface area contributed by atoms with Crippen molar-refractivity contribution in [2.24, 2.45) is 5.92 Å². The van der Waals surface area contributed by atoms with Gasteiger partial charge in [-0.25, -0.2) is 0 Å². The van der Waals surface area contributed by atoms with E-state index in [9.17, 15) is 4.57 Å². The Kier molecular flexibility index (Phi) is 1.58. The van der Waals surface area contributed by atoms with Crippen molar-refractivity contribution >= 4 is 12.4 Å². The van der Waals surface area contributed by atoms with Crippen molar-refractivity contribution in [1.82, 2.24) is 0 Å². The van der Waals surface area contributed by atoms with Gasteiger partial charge in [0.15, 0.2) is 0 Å². The van der Waals surface area contributed by atoms with Gasteiger partial charge in [-0.1, -0.05) is 35.9 Å². The van der Waals surface area contributed by atoms with Gasteiger partial charge in [-0.05, 0) is 25.1 Å². The first kappa shape index (κ1) is 8.49. The largest absolute Gasteiger partial charge is 0.314 e. The summed E-state index contributed by atoms with van der Waals surface area (Å²) in [6, 6.07) is 9.95. The Morgan fingerprint density at radius 3 is 2.50 bits per heavy atom. The molecule has 0 unspecified atom stereocenters. The Morgan fingerprint density at radius 1 is 1.29 bits per heavy atom. The van der Waals surface area contributed by atoms with Gasteiger partial charge in [-0.15, -0.1) is 0 Å². The Bertz CT molecular complexity index is 447. The van der Waals surface area contributed by atoms with Crippen LogP contribution >= 0.6 is 7.14 Å². The lowest BCUT2D eigenvalue weighted by Crippen LogP contribution is -2.04. The first-order valence-electron chi connectivity index (χ1n) is 5.06. The molecule has 0 amide bonds. The van der Waals surface area contributed by atoms with Crippen LogP contribution in [0.3, 0.4) is 0 Å². The summed E-state index contributed by atoms with van der Waals surface area (Å²) in [5.74, 6) is 2.68. The third-order valence-corrected chi connectivity index (χ3v) is 6.84. The number of hydrogen-bond donors (Lipinski definition) is 0. The topological polar surface area (TPSA) is 17.1 Å². The van der Waals surface area contributed by atoms with Gasteiger partial charge in [-0.3, -0.25) is 0 Å². The summed E-state index contributed by atoms with van der Waals surface area (Å²) in [6.07, 6.45) is 1.15. The van der Waals surface area contributed by atoms with Gasteiger partial charge in [0.05, 0.1) is 0 Å². The summed E-state index contributed by atoms with van der Waals surface area (Å²) >= 11 is 0. The van der Waals surface area contributed by atoms with Crippen molar-refractivity contribution in [2.45, 2.75) is 19.0 Å². The zero-order valence-corrected chi connectivity index (χ0v) is 9.08. The highest BCUT2D eigenvalue weighted by atomic mass is 31.2. The van der Waals surface area contributed by atoms with Crippen molar-refractivity contribution < 1.29 is 4.57 Å². The van der Waals surface area contributed by atoms with Crippen LogP contribution in [0.1, 0.15) is 13.3 Å². The number of allylic oxidation sites excluding steroid dienone is 1. The molecule has 14 heavy (non-hydrogen) atoms. The SMILES string of the molecule is CC1=C[P@@](=O)(c2ccccc2)[C@@H]2C[C@H]12. The number of hydrogen-bond acceptors (Lipinski definition) is 1. The highest BCUT2D eigenvalue weighted by molar-refractivity contribution is 7.75. The minimum atomic E-state index is -2.16. The minimum Gasteiger partial charge on any atom is -0.314 e. The lowest BCUT2D eigenvalue weighted by molar-refractivity contribution is 0.586. The molecule has 1 aromatic rings. The standard InChI is InChI=1S/C12H13OP/c1-9-8-14(13,12-7-11(9)12)10-5-3-2-4-6-10/h2-6,8,11-12H,7H2,1H3/t11-,12-,14-/m1/s1. The van der Waals surface area contributed by atoms with Gasteiger partial charge < -0.3 is 4.57 Å². The molecule has 1 heterocycles. The second kappa shape index (κ2) is 2.61. The quantitative estimate of drug-likeness (QED) is 0.643. The van der Waals surface area contributed by atoms with Crippen LogP contribution < -0.4 is 5.30 Å². The van der Waals surface area contributed by atoms with Crippen LogP contribution in [0.2, 0.25) is 0 Å². The molecule has 1 saturated carbocycles. The average molecular weight is 204 g/mol. The van der Waals surface area contributed by atoms with Crippen molar-refractivity contribution in [3.63, 3.8) is 0 Å². The second-order valence-corrected chi connectivity index (χ2v) is 7.18. The average Bonchev–Trinajstić information content (AvgIpc) is 2.94. The van der Waals surface area contributed by atoms with Crippen LogP contribution in [0.4, 0.5) is 0 Å². The van der Waals surface area contributed by atoms with E-state index >= 15 is 0 Å². The molecule has 0 spiro atoms. The van der Waals surface area contributed by atoms with E-state index in [1.165, 1.54) is 5.57 Å². The second-order valence-electron chi connectivity index (χ2n) is 4.33. The van der Waals surface area contributed by atoms with E-state index in [4.69, 9.17) is 0 Å². The predicted octanol–water partition coefficient (Wildman–Crippen LogP) is 2.98. The van der Waals surface area contributed by atoms with Crippen LogP contribution in [0.5, 0.6) is 0 Å².